The van der Waals surface area contributed by atoms with Crippen LogP contribution in [0.15, 0.2) is 22.7 Å². The van der Waals surface area contributed by atoms with Crippen LogP contribution >= 0.6 is 15.9 Å². The average Bonchev–Trinajstić information content (AvgIpc) is 2.77. The van der Waals surface area contributed by atoms with E-state index in [-0.39, 0.29) is 5.91 Å². The second kappa shape index (κ2) is 5.75. The normalized spacial score (nSPS) is 10.7. The fourth-order valence-electron chi connectivity index (χ4n) is 1.94. The number of aromatic nitrogens is 2. The number of benzene rings is 1. The summed E-state index contributed by atoms with van der Waals surface area (Å²) in [5, 5.41) is 6.94. The third kappa shape index (κ3) is 2.90. The van der Waals surface area contributed by atoms with Gasteiger partial charge in [-0.05, 0) is 60.5 Å². The lowest BCUT2D eigenvalue weighted by atomic mass is 10.2. The van der Waals surface area contributed by atoms with Crippen LogP contribution in [-0.2, 0) is 6.54 Å². The number of carbonyl (C=O) groups excluding carboxylic acids is 1. The summed E-state index contributed by atoms with van der Waals surface area (Å²) in [6.45, 7) is 6.15. The molecule has 0 spiro atoms. The summed E-state index contributed by atoms with van der Waals surface area (Å²) in [5.74, 6) is -0.705. The number of nitrogens with zero attached hydrogens (tertiary/aromatic N) is 2. The first kappa shape index (κ1) is 14.7. The SMILES string of the molecule is CCn1nc(C)cc1C(=O)Nc1cc(F)c(Br)cc1C. The van der Waals surface area contributed by atoms with Crippen molar-refractivity contribution in [2.75, 3.05) is 5.32 Å². The highest BCUT2D eigenvalue weighted by Gasteiger charge is 2.15. The first-order valence-electron chi connectivity index (χ1n) is 6.23. The van der Waals surface area contributed by atoms with Gasteiger partial charge in [0.05, 0.1) is 10.2 Å². The smallest absolute Gasteiger partial charge is 0.273 e. The highest BCUT2D eigenvalue weighted by molar-refractivity contribution is 9.10. The molecule has 0 unspecified atom stereocenters. The lowest BCUT2D eigenvalue weighted by molar-refractivity contribution is 0.101. The lowest BCUT2D eigenvalue weighted by Crippen LogP contribution is -2.18. The van der Waals surface area contributed by atoms with Crippen molar-refractivity contribution in [2.24, 2.45) is 0 Å². The zero-order valence-electron chi connectivity index (χ0n) is 11.5. The van der Waals surface area contributed by atoms with Crippen LogP contribution in [-0.4, -0.2) is 15.7 Å². The van der Waals surface area contributed by atoms with Gasteiger partial charge >= 0.3 is 0 Å². The summed E-state index contributed by atoms with van der Waals surface area (Å²) in [4.78, 5) is 12.2. The maximum absolute atomic E-state index is 13.5. The molecule has 1 aromatic heterocycles. The Morgan fingerprint density at radius 3 is 2.75 bits per heavy atom. The van der Waals surface area contributed by atoms with E-state index in [9.17, 15) is 9.18 Å². The van der Waals surface area contributed by atoms with Crippen molar-refractivity contribution in [3.05, 3.63) is 45.4 Å². The van der Waals surface area contributed by atoms with Gasteiger partial charge in [-0.15, -0.1) is 0 Å². The molecule has 0 aliphatic carbocycles. The van der Waals surface area contributed by atoms with Gasteiger partial charge < -0.3 is 5.32 Å². The minimum Gasteiger partial charge on any atom is -0.320 e. The van der Waals surface area contributed by atoms with Crippen molar-refractivity contribution >= 4 is 27.5 Å². The van der Waals surface area contributed by atoms with E-state index in [2.05, 4.69) is 26.3 Å². The van der Waals surface area contributed by atoms with Crippen molar-refractivity contribution in [2.45, 2.75) is 27.3 Å². The topological polar surface area (TPSA) is 46.9 Å². The van der Waals surface area contributed by atoms with E-state index in [1.165, 1.54) is 6.07 Å². The number of halogens is 2. The minimum atomic E-state index is -0.411. The van der Waals surface area contributed by atoms with Gasteiger partial charge in [0.15, 0.2) is 0 Å². The highest BCUT2D eigenvalue weighted by Crippen LogP contribution is 2.24. The molecule has 0 fully saturated rings. The van der Waals surface area contributed by atoms with Crippen LogP contribution in [0.3, 0.4) is 0 Å². The number of amides is 1. The van der Waals surface area contributed by atoms with E-state index in [0.717, 1.165) is 11.3 Å². The molecule has 6 heteroatoms. The Morgan fingerprint density at radius 2 is 2.10 bits per heavy atom. The molecular weight excluding hydrogens is 325 g/mol. The van der Waals surface area contributed by atoms with Crippen LogP contribution in [0.1, 0.15) is 28.7 Å². The Hall–Kier alpha value is -1.69. The second-order valence-electron chi connectivity index (χ2n) is 4.52. The van der Waals surface area contributed by atoms with E-state index in [0.29, 0.717) is 22.4 Å². The number of hydrogen-bond acceptors (Lipinski definition) is 2. The lowest BCUT2D eigenvalue weighted by Gasteiger charge is -2.10. The van der Waals surface area contributed by atoms with Crippen molar-refractivity contribution in [1.82, 2.24) is 9.78 Å². The van der Waals surface area contributed by atoms with Gasteiger partial charge in [-0.1, -0.05) is 0 Å². The molecule has 0 saturated heterocycles. The molecule has 4 nitrogen and oxygen atoms in total. The molecule has 20 heavy (non-hydrogen) atoms. The van der Waals surface area contributed by atoms with E-state index in [1.54, 1.807) is 16.8 Å². The zero-order chi connectivity index (χ0) is 14.9. The van der Waals surface area contributed by atoms with Gasteiger partial charge in [0.25, 0.3) is 5.91 Å². The predicted octanol–water partition coefficient (Wildman–Crippen LogP) is 3.67. The zero-order valence-corrected chi connectivity index (χ0v) is 13.1. The third-order valence-corrected chi connectivity index (χ3v) is 3.56. The monoisotopic (exact) mass is 339 g/mol. The Morgan fingerprint density at radius 1 is 1.40 bits per heavy atom. The Bertz CT molecular complexity index is 667. The molecule has 1 N–H and O–H groups in total. The molecule has 106 valence electrons. The van der Waals surface area contributed by atoms with E-state index < -0.39 is 5.82 Å². The molecule has 0 bridgehead atoms. The highest BCUT2D eigenvalue weighted by atomic mass is 79.9. The third-order valence-electron chi connectivity index (χ3n) is 2.95. The van der Waals surface area contributed by atoms with Crippen LogP contribution in [0.25, 0.3) is 0 Å². The van der Waals surface area contributed by atoms with Gasteiger partial charge in [0.1, 0.15) is 11.5 Å². The molecular formula is C14H15BrFN3O. The van der Waals surface area contributed by atoms with Crippen molar-refractivity contribution in [1.29, 1.82) is 0 Å². The molecule has 0 saturated carbocycles. The summed E-state index contributed by atoms with van der Waals surface area (Å²) in [5.41, 5.74) is 2.48. The maximum atomic E-state index is 13.5. The van der Waals surface area contributed by atoms with Crippen LogP contribution in [0.4, 0.5) is 10.1 Å². The number of carbonyl (C=O) groups is 1. The van der Waals surface area contributed by atoms with E-state index >= 15 is 0 Å². The Labute approximate surface area is 125 Å². The standard InChI is InChI=1S/C14H15BrFN3O/c1-4-19-13(6-9(3)18-19)14(20)17-12-7-11(16)10(15)5-8(12)2/h5-7H,4H2,1-3H3,(H,17,20). The number of nitrogens with one attached hydrogen (secondary N) is 1. The molecule has 0 radical (unpaired) electrons. The number of rotatable bonds is 3. The predicted molar refractivity (Wildman–Crippen MR) is 79.4 cm³/mol. The number of anilines is 1. The summed E-state index contributed by atoms with van der Waals surface area (Å²) in [6.07, 6.45) is 0. The van der Waals surface area contributed by atoms with Crippen LogP contribution in [0.2, 0.25) is 0 Å². The fraction of sp³-hybridized carbons (Fsp3) is 0.286. The quantitative estimate of drug-likeness (QED) is 0.927. The second-order valence-corrected chi connectivity index (χ2v) is 5.38. The van der Waals surface area contributed by atoms with E-state index in [4.69, 9.17) is 0 Å². The molecule has 0 aliphatic heterocycles. The number of hydrogen-bond donors (Lipinski definition) is 1. The van der Waals surface area contributed by atoms with Gasteiger partial charge in [-0.3, -0.25) is 9.48 Å². The molecule has 2 aromatic rings. The molecule has 1 heterocycles. The molecule has 1 aromatic carbocycles. The molecule has 2 rings (SSSR count). The van der Waals surface area contributed by atoms with Crippen molar-refractivity contribution in [3.8, 4) is 0 Å². The summed E-state index contributed by atoms with van der Waals surface area (Å²) in [6, 6.07) is 4.65. The van der Waals surface area contributed by atoms with Crippen molar-refractivity contribution in [3.63, 3.8) is 0 Å². The first-order chi connectivity index (χ1) is 9.42. The van der Waals surface area contributed by atoms with Gasteiger partial charge in [-0.2, -0.15) is 5.10 Å². The van der Waals surface area contributed by atoms with Gasteiger partial charge in [0, 0.05) is 12.2 Å². The molecule has 1 amide bonds. The Kier molecular flexibility index (Phi) is 4.23. The van der Waals surface area contributed by atoms with Crippen LogP contribution < -0.4 is 5.32 Å². The Balaban J connectivity index is 2.30. The largest absolute Gasteiger partial charge is 0.320 e. The van der Waals surface area contributed by atoms with Crippen LogP contribution in [0, 0.1) is 19.7 Å². The summed E-state index contributed by atoms with van der Waals surface area (Å²) >= 11 is 3.12. The van der Waals surface area contributed by atoms with Crippen LogP contribution in [0.5, 0.6) is 0 Å². The molecule has 0 atom stereocenters. The maximum Gasteiger partial charge on any atom is 0.273 e. The summed E-state index contributed by atoms with van der Waals surface area (Å²) in [7, 11) is 0. The number of aryl methyl sites for hydroxylation is 3. The summed E-state index contributed by atoms with van der Waals surface area (Å²) < 4.78 is 15.5. The van der Waals surface area contributed by atoms with E-state index in [1.807, 2.05) is 20.8 Å². The molecule has 0 aliphatic rings. The van der Waals surface area contributed by atoms with Gasteiger partial charge in [0.2, 0.25) is 0 Å². The minimum absolute atomic E-state index is 0.294. The van der Waals surface area contributed by atoms with Gasteiger partial charge in [-0.25, -0.2) is 4.39 Å². The first-order valence-corrected chi connectivity index (χ1v) is 7.03. The fourth-order valence-corrected chi connectivity index (χ4v) is 2.39. The average molecular weight is 340 g/mol. The van der Waals surface area contributed by atoms with Crippen molar-refractivity contribution < 1.29 is 9.18 Å².